The van der Waals surface area contributed by atoms with Crippen LogP contribution in [-0.2, 0) is 25.5 Å². The first-order chi connectivity index (χ1) is 9.19. The first kappa shape index (κ1) is 14.0. The average molecular weight is 284 g/mol. The fourth-order valence-corrected chi connectivity index (χ4v) is 2.49. The summed E-state index contributed by atoms with van der Waals surface area (Å²) in [6.07, 6.45) is 1.40. The van der Waals surface area contributed by atoms with Crippen molar-refractivity contribution >= 4 is 28.3 Å². The summed E-state index contributed by atoms with van der Waals surface area (Å²) in [7, 11) is 0. The molecule has 104 valence electrons. The van der Waals surface area contributed by atoms with Crippen LogP contribution in [0.4, 0.5) is 5.13 Å². The SMILES string of the molecule is CCOC(=O)Cc1csc(NC(=O)C2CCCO2)n1. The number of ether oxygens (including phenoxy) is 2. The Morgan fingerprint density at radius 2 is 2.47 bits per heavy atom. The molecule has 2 rings (SSSR count). The fraction of sp³-hybridized carbons (Fsp3) is 0.583. The van der Waals surface area contributed by atoms with Gasteiger partial charge in [0.1, 0.15) is 6.10 Å². The standard InChI is InChI=1S/C12H16N2O4S/c1-2-17-10(15)6-8-7-19-12(13-8)14-11(16)9-4-3-5-18-9/h7,9H,2-6H2,1H3,(H,13,14,16). The third-order valence-corrected chi connectivity index (χ3v) is 3.44. The molecule has 0 radical (unpaired) electrons. The number of aromatic nitrogens is 1. The molecule has 19 heavy (non-hydrogen) atoms. The van der Waals surface area contributed by atoms with E-state index < -0.39 is 0 Å². The van der Waals surface area contributed by atoms with Gasteiger partial charge in [0.15, 0.2) is 5.13 Å². The van der Waals surface area contributed by atoms with Gasteiger partial charge in [-0.15, -0.1) is 11.3 Å². The van der Waals surface area contributed by atoms with Crippen molar-refractivity contribution < 1.29 is 19.1 Å². The maximum atomic E-state index is 11.8. The van der Waals surface area contributed by atoms with Crippen molar-refractivity contribution in [1.29, 1.82) is 0 Å². The van der Waals surface area contributed by atoms with Gasteiger partial charge in [-0.2, -0.15) is 0 Å². The van der Waals surface area contributed by atoms with Crippen molar-refractivity contribution in [3.8, 4) is 0 Å². The van der Waals surface area contributed by atoms with Gasteiger partial charge in [-0.05, 0) is 19.8 Å². The van der Waals surface area contributed by atoms with Gasteiger partial charge in [0.05, 0.1) is 18.7 Å². The largest absolute Gasteiger partial charge is 0.466 e. The van der Waals surface area contributed by atoms with Crippen LogP contribution in [0.25, 0.3) is 0 Å². The Kier molecular flexibility index (Phi) is 4.86. The number of thiazole rings is 1. The number of hydrogen-bond acceptors (Lipinski definition) is 6. The highest BCUT2D eigenvalue weighted by Crippen LogP contribution is 2.19. The van der Waals surface area contributed by atoms with Crippen LogP contribution in [0.15, 0.2) is 5.38 Å². The molecule has 0 spiro atoms. The molecule has 1 aliphatic heterocycles. The first-order valence-corrected chi connectivity index (χ1v) is 7.09. The van der Waals surface area contributed by atoms with Crippen LogP contribution in [0.2, 0.25) is 0 Å². The maximum absolute atomic E-state index is 11.8. The van der Waals surface area contributed by atoms with E-state index in [9.17, 15) is 9.59 Å². The predicted molar refractivity (Wildman–Crippen MR) is 70.1 cm³/mol. The monoisotopic (exact) mass is 284 g/mol. The number of hydrogen-bond donors (Lipinski definition) is 1. The van der Waals surface area contributed by atoms with Crippen molar-refractivity contribution in [3.05, 3.63) is 11.1 Å². The summed E-state index contributed by atoms with van der Waals surface area (Å²) >= 11 is 1.29. The van der Waals surface area contributed by atoms with Gasteiger partial charge in [0.2, 0.25) is 0 Å². The van der Waals surface area contributed by atoms with Crippen LogP contribution in [0.5, 0.6) is 0 Å². The summed E-state index contributed by atoms with van der Waals surface area (Å²) in [5.74, 6) is -0.487. The van der Waals surface area contributed by atoms with E-state index in [1.165, 1.54) is 11.3 Å². The van der Waals surface area contributed by atoms with Gasteiger partial charge in [-0.1, -0.05) is 0 Å². The summed E-state index contributed by atoms with van der Waals surface area (Å²) in [6.45, 7) is 2.74. The van der Waals surface area contributed by atoms with Crippen LogP contribution in [-0.4, -0.2) is 36.2 Å². The lowest BCUT2D eigenvalue weighted by Gasteiger charge is -2.07. The maximum Gasteiger partial charge on any atom is 0.311 e. The molecule has 7 heteroatoms. The second kappa shape index (κ2) is 6.63. The summed E-state index contributed by atoms with van der Waals surface area (Å²) in [5.41, 5.74) is 0.603. The first-order valence-electron chi connectivity index (χ1n) is 6.21. The predicted octanol–water partition coefficient (Wildman–Crippen LogP) is 1.37. The highest BCUT2D eigenvalue weighted by atomic mass is 32.1. The molecule has 0 aromatic carbocycles. The topological polar surface area (TPSA) is 77.5 Å². The molecule has 1 fully saturated rings. The second-order valence-electron chi connectivity index (χ2n) is 4.12. The van der Waals surface area contributed by atoms with Gasteiger partial charge in [-0.25, -0.2) is 4.98 Å². The van der Waals surface area contributed by atoms with E-state index >= 15 is 0 Å². The van der Waals surface area contributed by atoms with Gasteiger partial charge in [0.25, 0.3) is 5.91 Å². The van der Waals surface area contributed by atoms with E-state index in [1.807, 2.05) is 0 Å². The smallest absolute Gasteiger partial charge is 0.311 e. The summed E-state index contributed by atoms with van der Waals surface area (Å²) in [5, 5.41) is 4.92. The summed E-state index contributed by atoms with van der Waals surface area (Å²) in [4.78, 5) is 27.2. The van der Waals surface area contributed by atoms with E-state index in [-0.39, 0.29) is 24.4 Å². The number of carbonyl (C=O) groups excluding carboxylic acids is 2. The van der Waals surface area contributed by atoms with Crippen molar-refractivity contribution in [2.75, 3.05) is 18.5 Å². The Bertz CT molecular complexity index is 454. The van der Waals surface area contributed by atoms with E-state index in [4.69, 9.17) is 9.47 Å². The van der Waals surface area contributed by atoms with Crippen molar-refractivity contribution in [2.45, 2.75) is 32.3 Å². The minimum Gasteiger partial charge on any atom is -0.466 e. The zero-order valence-electron chi connectivity index (χ0n) is 10.7. The number of esters is 1. The molecule has 0 aliphatic carbocycles. The molecule has 1 atom stereocenters. The van der Waals surface area contributed by atoms with Crippen LogP contribution >= 0.6 is 11.3 Å². The molecule has 1 saturated heterocycles. The lowest BCUT2D eigenvalue weighted by molar-refractivity contribution is -0.142. The minimum atomic E-state index is -0.377. The Labute approximate surface area is 115 Å². The molecule has 1 aromatic rings. The molecule has 1 amide bonds. The van der Waals surface area contributed by atoms with Gasteiger partial charge in [0, 0.05) is 12.0 Å². The number of nitrogens with one attached hydrogen (secondary N) is 1. The fourth-order valence-electron chi connectivity index (χ4n) is 1.78. The zero-order valence-corrected chi connectivity index (χ0v) is 11.5. The lowest BCUT2D eigenvalue weighted by atomic mass is 10.2. The van der Waals surface area contributed by atoms with Gasteiger partial charge >= 0.3 is 5.97 Å². The number of anilines is 1. The summed E-state index contributed by atoms with van der Waals surface area (Å²) < 4.78 is 10.1. The van der Waals surface area contributed by atoms with Crippen molar-refractivity contribution in [3.63, 3.8) is 0 Å². The third kappa shape index (κ3) is 4.00. The number of rotatable bonds is 5. The number of amides is 1. The molecule has 2 heterocycles. The highest BCUT2D eigenvalue weighted by molar-refractivity contribution is 7.13. The van der Waals surface area contributed by atoms with Crippen LogP contribution in [0.3, 0.4) is 0 Å². The Morgan fingerprint density at radius 3 is 3.16 bits per heavy atom. The normalized spacial score (nSPS) is 18.3. The van der Waals surface area contributed by atoms with E-state index in [0.717, 1.165) is 12.8 Å². The summed E-state index contributed by atoms with van der Waals surface area (Å²) in [6, 6.07) is 0. The van der Waals surface area contributed by atoms with Gasteiger partial charge in [-0.3, -0.25) is 14.9 Å². The molecule has 1 unspecified atom stereocenters. The molecular formula is C12H16N2O4S. The molecule has 1 aliphatic rings. The van der Waals surface area contributed by atoms with Crippen molar-refractivity contribution in [1.82, 2.24) is 4.98 Å². The van der Waals surface area contributed by atoms with E-state index in [2.05, 4.69) is 10.3 Å². The Morgan fingerprint density at radius 1 is 1.63 bits per heavy atom. The molecule has 1 aromatic heterocycles. The number of nitrogens with zero attached hydrogens (tertiary/aromatic N) is 1. The molecule has 1 N–H and O–H groups in total. The third-order valence-electron chi connectivity index (χ3n) is 2.63. The van der Waals surface area contributed by atoms with E-state index in [0.29, 0.717) is 24.0 Å². The molecular weight excluding hydrogens is 268 g/mol. The minimum absolute atomic E-state index is 0.125. The Hall–Kier alpha value is -1.47. The quantitative estimate of drug-likeness (QED) is 0.826. The lowest BCUT2D eigenvalue weighted by Crippen LogP contribution is -2.26. The zero-order chi connectivity index (χ0) is 13.7. The van der Waals surface area contributed by atoms with Crippen LogP contribution < -0.4 is 5.32 Å². The molecule has 6 nitrogen and oxygen atoms in total. The molecule has 0 saturated carbocycles. The molecule has 0 bridgehead atoms. The van der Waals surface area contributed by atoms with Crippen LogP contribution in [0, 0.1) is 0 Å². The van der Waals surface area contributed by atoms with E-state index in [1.54, 1.807) is 12.3 Å². The highest BCUT2D eigenvalue weighted by Gasteiger charge is 2.24. The number of carbonyl (C=O) groups is 2. The van der Waals surface area contributed by atoms with Crippen molar-refractivity contribution in [2.24, 2.45) is 0 Å². The van der Waals surface area contributed by atoms with Crippen LogP contribution in [0.1, 0.15) is 25.5 Å². The average Bonchev–Trinajstić information content (AvgIpc) is 3.00. The second-order valence-corrected chi connectivity index (χ2v) is 4.97. The van der Waals surface area contributed by atoms with Gasteiger partial charge < -0.3 is 9.47 Å². The Balaban J connectivity index is 1.86.